The van der Waals surface area contributed by atoms with Crippen LogP contribution in [0, 0.1) is 6.92 Å². The third kappa shape index (κ3) is 3.02. The normalized spacial score (nSPS) is 14.2. The lowest BCUT2D eigenvalue weighted by Crippen LogP contribution is -2.34. The minimum absolute atomic E-state index is 0.0966. The molecule has 2 aromatic rings. The third-order valence-electron chi connectivity index (χ3n) is 3.91. The second kappa shape index (κ2) is 5.64. The minimum Gasteiger partial charge on any atom is -0.337 e. The van der Waals surface area contributed by atoms with Crippen molar-refractivity contribution in [3.8, 4) is 0 Å². The monoisotopic (exact) mass is 347 g/mol. The number of aryl methyl sites for hydroxylation is 2. The number of halogens is 1. The Balaban J connectivity index is 1.88. The largest absolute Gasteiger partial charge is 0.337 e. The number of hydrogen-bond donors (Lipinski definition) is 0. The predicted molar refractivity (Wildman–Crippen MR) is 85.0 cm³/mol. The fourth-order valence-corrected chi connectivity index (χ4v) is 2.79. The van der Waals surface area contributed by atoms with Crippen LogP contribution >= 0.6 is 15.9 Å². The van der Waals surface area contributed by atoms with Crippen LogP contribution in [0.5, 0.6) is 0 Å². The van der Waals surface area contributed by atoms with Crippen LogP contribution in [-0.2, 0) is 13.6 Å². The van der Waals surface area contributed by atoms with Gasteiger partial charge in [0, 0.05) is 35.5 Å². The van der Waals surface area contributed by atoms with Crippen molar-refractivity contribution in [2.75, 3.05) is 0 Å². The van der Waals surface area contributed by atoms with E-state index in [4.69, 9.17) is 0 Å². The summed E-state index contributed by atoms with van der Waals surface area (Å²) in [4.78, 5) is 19.2. The zero-order valence-electron chi connectivity index (χ0n) is 12.2. The van der Waals surface area contributed by atoms with Crippen molar-refractivity contribution in [1.82, 2.24) is 14.5 Å². The molecule has 21 heavy (non-hydrogen) atoms. The zero-order chi connectivity index (χ0) is 15.0. The number of aromatic nitrogens is 2. The maximum absolute atomic E-state index is 12.9. The Morgan fingerprint density at radius 2 is 2.24 bits per heavy atom. The first-order valence-corrected chi connectivity index (χ1v) is 7.89. The summed E-state index contributed by atoms with van der Waals surface area (Å²) in [6, 6.07) is 6.20. The summed E-state index contributed by atoms with van der Waals surface area (Å²) in [5, 5.41) is 0. The number of imidazole rings is 1. The highest BCUT2D eigenvalue weighted by Gasteiger charge is 2.34. The van der Waals surface area contributed by atoms with Gasteiger partial charge in [-0.3, -0.25) is 4.79 Å². The molecule has 3 rings (SSSR count). The van der Waals surface area contributed by atoms with Gasteiger partial charge in [0.2, 0.25) is 0 Å². The lowest BCUT2D eigenvalue weighted by molar-refractivity contribution is 0.0723. The number of hydrogen-bond acceptors (Lipinski definition) is 2. The molecule has 5 heteroatoms. The second-order valence-electron chi connectivity index (χ2n) is 5.58. The fourth-order valence-electron chi connectivity index (χ4n) is 2.43. The van der Waals surface area contributed by atoms with Gasteiger partial charge in [-0.2, -0.15) is 0 Å². The molecule has 1 heterocycles. The van der Waals surface area contributed by atoms with Crippen LogP contribution in [0.25, 0.3) is 0 Å². The lowest BCUT2D eigenvalue weighted by atomic mass is 10.1. The van der Waals surface area contributed by atoms with Gasteiger partial charge in [-0.15, -0.1) is 0 Å². The molecule has 0 N–H and O–H groups in total. The van der Waals surface area contributed by atoms with Crippen LogP contribution in [0.4, 0.5) is 0 Å². The van der Waals surface area contributed by atoms with Gasteiger partial charge in [0.05, 0.1) is 6.54 Å². The molecule has 1 aromatic carbocycles. The smallest absolute Gasteiger partial charge is 0.254 e. The van der Waals surface area contributed by atoms with Gasteiger partial charge >= 0.3 is 0 Å². The second-order valence-corrected chi connectivity index (χ2v) is 6.49. The summed E-state index contributed by atoms with van der Waals surface area (Å²) in [5.74, 6) is 1.02. The summed E-state index contributed by atoms with van der Waals surface area (Å²) in [5.41, 5.74) is 1.78. The summed E-state index contributed by atoms with van der Waals surface area (Å²) in [6.45, 7) is 2.55. The highest BCUT2D eigenvalue weighted by atomic mass is 79.9. The average Bonchev–Trinajstić information content (AvgIpc) is 3.22. The zero-order valence-corrected chi connectivity index (χ0v) is 13.8. The van der Waals surface area contributed by atoms with Gasteiger partial charge in [0.1, 0.15) is 5.82 Å². The lowest BCUT2D eigenvalue weighted by Gasteiger charge is -2.23. The molecule has 0 unspecified atom stereocenters. The van der Waals surface area contributed by atoms with Crippen molar-refractivity contribution in [1.29, 1.82) is 0 Å². The van der Waals surface area contributed by atoms with E-state index in [1.165, 1.54) is 0 Å². The van der Waals surface area contributed by atoms with Gasteiger partial charge in [-0.1, -0.05) is 22.0 Å². The van der Waals surface area contributed by atoms with Crippen molar-refractivity contribution >= 4 is 21.8 Å². The van der Waals surface area contributed by atoms with E-state index < -0.39 is 0 Å². The van der Waals surface area contributed by atoms with Crippen LogP contribution in [0.1, 0.15) is 34.6 Å². The molecule has 0 aliphatic heterocycles. The SMILES string of the molecule is Cc1ccc(Br)cc1C(=O)N(Cc1nccn1C)C1CC1. The Bertz CT molecular complexity index is 676. The van der Waals surface area contributed by atoms with E-state index in [-0.39, 0.29) is 5.91 Å². The molecule has 0 spiro atoms. The molecule has 0 atom stereocenters. The van der Waals surface area contributed by atoms with E-state index in [1.54, 1.807) is 6.20 Å². The Kier molecular flexibility index (Phi) is 3.85. The molecular formula is C16H18BrN3O. The molecule has 0 radical (unpaired) electrons. The summed E-state index contributed by atoms with van der Waals surface area (Å²) in [6.07, 6.45) is 5.86. The van der Waals surface area contributed by atoms with E-state index in [2.05, 4.69) is 20.9 Å². The Labute approximate surface area is 132 Å². The molecule has 0 saturated heterocycles. The van der Waals surface area contributed by atoms with Crippen LogP contribution < -0.4 is 0 Å². The first kappa shape index (κ1) is 14.3. The number of amides is 1. The minimum atomic E-state index is 0.0966. The molecule has 110 valence electrons. The van der Waals surface area contributed by atoms with Crippen molar-refractivity contribution in [2.24, 2.45) is 7.05 Å². The van der Waals surface area contributed by atoms with E-state index in [0.717, 1.165) is 34.3 Å². The van der Waals surface area contributed by atoms with Crippen LogP contribution in [-0.4, -0.2) is 26.4 Å². The Hall–Kier alpha value is -1.62. The first-order valence-electron chi connectivity index (χ1n) is 7.09. The van der Waals surface area contributed by atoms with Crippen molar-refractivity contribution in [3.05, 3.63) is 52.0 Å². The molecule has 4 nitrogen and oxygen atoms in total. The maximum Gasteiger partial charge on any atom is 0.254 e. The highest BCUT2D eigenvalue weighted by Crippen LogP contribution is 2.30. The van der Waals surface area contributed by atoms with Gasteiger partial charge in [0.25, 0.3) is 5.91 Å². The van der Waals surface area contributed by atoms with Crippen molar-refractivity contribution in [3.63, 3.8) is 0 Å². The average molecular weight is 348 g/mol. The summed E-state index contributed by atoms with van der Waals surface area (Å²) >= 11 is 3.45. The molecule has 1 amide bonds. The van der Waals surface area contributed by atoms with Gasteiger partial charge in [-0.25, -0.2) is 4.98 Å². The molecule has 1 aromatic heterocycles. The summed E-state index contributed by atoms with van der Waals surface area (Å²) in [7, 11) is 1.96. The Morgan fingerprint density at radius 1 is 1.48 bits per heavy atom. The number of carbonyl (C=O) groups excluding carboxylic acids is 1. The molecule has 1 fully saturated rings. The summed E-state index contributed by atoms with van der Waals surface area (Å²) < 4.78 is 2.90. The number of rotatable bonds is 4. The predicted octanol–water partition coefficient (Wildman–Crippen LogP) is 3.30. The van der Waals surface area contributed by atoms with E-state index >= 15 is 0 Å². The molecule has 1 saturated carbocycles. The standard InChI is InChI=1S/C16H18BrN3O/c1-11-3-4-12(17)9-14(11)16(21)20(13-5-6-13)10-15-18-7-8-19(15)2/h3-4,7-9,13H,5-6,10H2,1-2H3. The number of nitrogens with zero attached hydrogens (tertiary/aromatic N) is 3. The topological polar surface area (TPSA) is 38.1 Å². The van der Waals surface area contributed by atoms with Crippen LogP contribution in [0.2, 0.25) is 0 Å². The Morgan fingerprint density at radius 3 is 2.86 bits per heavy atom. The van der Waals surface area contributed by atoms with Gasteiger partial charge < -0.3 is 9.47 Å². The highest BCUT2D eigenvalue weighted by molar-refractivity contribution is 9.10. The van der Waals surface area contributed by atoms with Gasteiger partial charge in [-0.05, 0) is 37.5 Å². The van der Waals surface area contributed by atoms with Gasteiger partial charge in [0.15, 0.2) is 0 Å². The molecule has 0 bridgehead atoms. The number of carbonyl (C=O) groups is 1. The quantitative estimate of drug-likeness (QED) is 0.850. The van der Waals surface area contributed by atoms with Crippen LogP contribution in [0.3, 0.4) is 0 Å². The fraction of sp³-hybridized carbons (Fsp3) is 0.375. The number of benzene rings is 1. The van der Waals surface area contributed by atoms with E-state index in [9.17, 15) is 4.79 Å². The first-order chi connectivity index (χ1) is 10.1. The van der Waals surface area contributed by atoms with Crippen molar-refractivity contribution in [2.45, 2.75) is 32.4 Å². The van der Waals surface area contributed by atoms with E-state index in [1.807, 2.05) is 47.8 Å². The van der Waals surface area contributed by atoms with E-state index in [0.29, 0.717) is 12.6 Å². The molecular weight excluding hydrogens is 330 g/mol. The third-order valence-corrected chi connectivity index (χ3v) is 4.40. The maximum atomic E-state index is 12.9. The van der Waals surface area contributed by atoms with Crippen LogP contribution in [0.15, 0.2) is 35.1 Å². The van der Waals surface area contributed by atoms with Crippen molar-refractivity contribution < 1.29 is 4.79 Å². The molecule has 1 aliphatic rings. The molecule has 1 aliphatic carbocycles.